The molecule has 0 spiro atoms. The van der Waals surface area contributed by atoms with Gasteiger partial charge in [-0.2, -0.15) is 0 Å². The van der Waals surface area contributed by atoms with Crippen LogP contribution in [0.25, 0.3) is 11.1 Å². The minimum Gasteiger partial charge on any atom is -0.497 e. The Morgan fingerprint density at radius 1 is 1.13 bits per heavy atom. The first kappa shape index (κ1) is 20.2. The molecule has 0 saturated heterocycles. The third-order valence-corrected chi connectivity index (χ3v) is 6.78. The summed E-state index contributed by atoms with van der Waals surface area (Å²) in [6.45, 7) is 4.28. The second-order valence-corrected chi connectivity index (χ2v) is 8.76. The van der Waals surface area contributed by atoms with Crippen molar-refractivity contribution < 1.29 is 19.4 Å². The molecule has 0 aliphatic carbocycles. The van der Waals surface area contributed by atoms with Gasteiger partial charge in [-0.1, -0.05) is 50.2 Å². The monoisotopic (exact) mass is 421 g/mol. The number of aromatic carboxylic acids is 1. The smallest absolute Gasteiger partial charge is 0.346 e. The third kappa shape index (κ3) is 3.59. The van der Waals surface area contributed by atoms with E-state index in [0.29, 0.717) is 29.3 Å². The number of hydrogen-bond acceptors (Lipinski definition) is 4. The van der Waals surface area contributed by atoms with E-state index >= 15 is 0 Å². The summed E-state index contributed by atoms with van der Waals surface area (Å²) >= 11 is 1.24. The largest absolute Gasteiger partial charge is 0.497 e. The number of carbonyl (C=O) groups excluding carboxylic acids is 1. The molecular weight excluding hydrogens is 398 g/mol. The highest BCUT2D eigenvalue weighted by atomic mass is 32.1. The van der Waals surface area contributed by atoms with Crippen molar-refractivity contribution in [1.82, 2.24) is 0 Å². The summed E-state index contributed by atoms with van der Waals surface area (Å²) in [6.07, 6.45) is 0.301. The van der Waals surface area contributed by atoms with Gasteiger partial charge < -0.3 is 15.2 Å². The van der Waals surface area contributed by atoms with Gasteiger partial charge in [0.05, 0.1) is 12.8 Å². The lowest BCUT2D eigenvalue weighted by molar-refractivity contribution is -0.116. The number of anilines is 1. The molecule has 4 rings (SSSR count). The highest BCUT2D eigenvalue weighted by Crippen LogP contribution is 2.49. The minimum atomic E-state index is -0.997. The van der Waals surface area contributed by atoms with Crippen molar-refractivity contribution in [3.63, 3.8) is 0 Å². The fourth-order valence-electron chi connectivity index (χ4n) is 3.85. The summed E-state index contributed by atoms with van der Waals surface area (Å²) in [7, 11) is 1.58. The van der Waals surface area contributed by atoms with Gasteiger partial charge in [0.1, 0.15) is 10.6 Å². The van der Waals surface area contributed by atoms with Crippen LogP contribution in [0, 0.1) is 0 Å². The van der Waals surface area contributed by atoms with Crippen LogP contribution in [0.3, 0.4) is 0 Å². The van der Waals surface area contributed by atoms with E-state index in [1.807, 2.05) is 12.1 Å². The molecule has 0 unspecified atom stereocenters. The van der Waals surface area contributed by atoms with Gasteiger partial charge in [-0.15, -0.1) is 11.3 Å². The van der Waals surface area contributed by atoms with Crippen LogP contribution in [-0.2, 0) is 4.79 Å². The second kappa shape index (κ2) is 7.95. The van der Waals surface area contributed by atoms with Crippen molar-refractivity contribution in [2.24, 2.45) is 0 Å². The van der Waals surface area contributed by atoms with Crippen molar-refractivity contribution in [1.29, 1.82) is 0 Å². The second-order valence-electron chi connectivity index (χ2n) is 7.71. The van der Waals surface area contributed by atoms with Crippen LogP contribution >= 0.6 is 11.3 Å². The van der Waals surface area contributed by atoms with Crippen LogP contribution in [0.4, 0.5) is 5.69 Å². The first-order valence-electron chi connectivity index (χ1n) is 9.83. The van der Waals surface area contributed by atoms with Gasteiger partial charge in [0.2, 0.25) is 5.91 Å². The van der Waals surface area contributed by atoms with Crippen LogP contribution in [0.2, 0.25) is 0 Å². The molecule has 1 aliphatic heterocycles. The van der Waals surface area contributed by atoms with Gasteiger partial charge in [0.15, 0.2) is 0 Å². The Kier molecular flexibility index (Phi) is 5.35. The predicted octanol–water partition coefficient (Wildman–Crippen LogP) is 5.72. The van der Waals surface area contributed by atoms with Crippen molar-refractivity contribution in [3.05, 3.63) is 69.4 Å². The topological polar surface area (TPSA) is 75.6 Å². The number of hydrogen-bond donors (Lipinski definition) is 2. The van der Waals surface area contributed by atoms with E-state index < -0.39 is 5.97 Å². The van der Waals surface area contributed by atoms with E-state index in [4.69, 9.17) is 4.74 Å². The zero-order valence-corrected chi connectivity index (χ0v) is 17.9. The normalized spacial score (nSPS) is 15.6. The van der Waals surface area contributed by atoms with Crippen molar-refractivity contribution >= 4 is 28.9 Å². The van der Waals surface area contributed by atoms with Gasteiger partial charge in [0.25, 0.3) is 0 Å². The minimum absolute atomic E-state index is 0.107. The predicted molar refractivity (Wildman–Crippen MR) is 119 cm³/mol. The molecule has 1 amide bonds. The lowest BCUT2D eigenvalue weighted by Crippen LogP contribution is -2.22. The maximum atomic E-state index is 12.6. The SMILES string of the molecule is COc1ccc(-c2c(C(=O)O)sc3c2NC(=O)C[C@H]3c2ccc(C(C)C)cc2)cc1. The average Bonchev–Trinajstić information content (AvgIpc) is 3.13. The van der Waals surface area contributed by atoms with Crippen molar-refractivity contribution in [2.75, 3.05) is 12.4 Å². The molecule has 0 bridgehead atoms. The number of amides is 1. The number of benzene rings is 2. The van der Waals surface area contributed by atoms with Crippen LogP contribution in [0.5, 0.6) is 5.75 Å². The molecule has 1 aromatic heterocycles. The Morgan fingerprint density at radius 2 is 1.80 bits per heavy atom. The van der Waals surface area contributed by atoms with E-state index in [9.17, 15) is 14.7 Å². The average molecular weight is 422 g/mol. The molecule has 0 radical (unpaired) electrons. The standard InChI is InChI=1S/C24H23NO4S/c1-13(2)14-4-6-15(7-5-14)18-12-19(26)25-21-20(23(24(27)28)30-22(18)21)16-8-10-17(29-3)11-9-16/h4-11,13,18H,12H2,1-3H3,(H,25,26)(H,27,28)/t18-/m0/s1. The van der Waals surface area contributed by atoms with Gasteiger partial charge in [-0.25, -0.2) is 4.79 Å². The number of methoxy groups -OCH3 is 1. The summed E-state index contributed by atoms with van der Waals surface area (Å²) in [4.78, 5) is 25.7. The fourth-order valence-corrected chi connectivity index (χ4v) is 5.10. The van der Waals surface area contributed by atoms with Crippen LogP contribution in [-0.4, -0.2) is 24.1 Å². The maximum Gasteiger partial charge on any atom is 0.346 e. The number of ether oxygens (including phenoxy) is 1. The zero-order chi connectivity index (χ0) is 21.4. The quantitative estimate of drug-likeness (QED) is 0.552. The molecule has 2 heterocycles. The summed E-state index contributed by atoms with van der Waals surface area (Å²) in [5.74, 6) is -0.156. The molecule has 5 nitrogen and oxygen atoms in total. The number of nitrogens with one attached hydrogen (secondary N) is 1. The maximum absolute atomic E-state index is 12.6. The summed E-state index contributed by atoms with van der Waals surface area (Å²) in [5.41, 5.74) is 4.16. The Labute approximate surface area is 179 Å². The number of fused-ring (bicyclic) bond motifs is 1. The molecule has 2 N–H and O–H groups in total. The van der Waals surface area contributed by atoms with Gasteiger partial charge in [-0.3, -0.25) is 4.79 Å². The number of carboxylic acid groups (broad SMARTS) is 1. The van der Waals surface area contributed by atoms with Gasteiger partial charge in [0, 0.05) is 22.8 Å². The summed E-state index contributed by atoms with van der Waals surface area (Å²) in [5, 5.41) is 12.8. The molecule has 1 aliphatic rings. The van der Waals surface area contributed by atoms with E-state index in [0.717, 1.165) is 16.0 Å². The van der Waals surface area contributed by atoms with Crippen LogP contribution in [0.15, 0.2) is 48.5 Å². The molecule has 1 atom stereocenters. The van der Waals surface area contributed by atoms with Gasteiger partial charge in [-0.05, 0) is 34.7 Å². The molecule has 6 heteroatoms. The van der Waals surface area contributed by atoms with Crippen LogP contribution in [0.1, 0.15) is 57.8 Å². The lowest BCUT2D eigenvalue weighted by Gasteiger charge is -2.24. The zero-order valence-electron chi connectivity index (χ0n) is 17.1. The third-order valence-electron chi connectivity index (χ3n) is 5.48. The summed E-state index contributed by atoms with van der Waals surface area (Å²) in [6, 6.07) is 15.5. The van der Waals surface area contributed by atoms with E-state index in [1.54, 1.807) is 19.2 Å². The highest BCUT2D eigenvalue weighted by molar-refractivity contribution is 7.15. The number of carboxylic acids is 1. The van der Waals surface area contributed by atoms with E-state index in [1.165, 1.54) is 16.9 Å². The molecule has 30 heavy (non-hydrogen) atoms. The number of thiophene rings is 1. The van der Waals surface area contributed by atoms with Crippen molar-refractivity contribution in [3.8, 4) is 16.9 Å². The first-order chi connectivity index (χ1) is 14.4. The Hall–Kier alpha value is -3.12. The lowest BCUT2D eigenvalue weighted by atomic mass is 9.87. The molecule has 0 saturated carbocycles. The first-order valence-corrected chi connectivity index (χ1v) is 10.6. The molecule has 154 valence electrons. The number of rotatable bonds is 5. The number of carbonyl (C=O) groups is 2. The van der Waals surface area contributed by atoms with Crippen LogP contribution < -0.4 is 10.1 Å². The Bertz CT molecular complexity index is 1100. The molecule has 3 aromatic rings. The van der Waals surface area contributed by atoms with E-state index in [2.05, 4.69) is 43.4 Å². The molecule has 2 aromatic carbocycles. The summed E-state index contributed by atoms with van der Waals surface area (Å²) < 4.78 is 5.21. The van der Waals surface area contributed by atoms with E-state index in [-0.39, 0.29) is 16.7 Å². The van der Waals surface area contributed by atoms with Crippen molar-refractivity contribution in [2.45, 2.75) is 32.1 Å². The Morgan fingerprint density at radius 3 is 2.37 bits per heavy atom. The molecule has 0 fully saturated rings. The Balaban J connectivity index is 1.85. The fraction of sp³-hybridized carbons (Fsp3) is 0.250. The highest BCUT2D eigenvalue weighted by Gasteiger charge is 2.34. The van der Waals surface area contributed by atoms with Gasteiger partial charge >= 0.3 is 5.97 Å². The molecular formula is C24H23NO4S.